The van der Waals surface area contributed by atoms with E-state index >= 15 is 0 Å². The Morgan fingerprint density at radius 2 is 1.86 bits per heavy atom. The van der Waals surface area contributed by atoms with E-state index in [9.17, 15) is 5.11 Å². The van der Waals surface area contributed by atoms with Crippen LogP contribution < -0.4 is 4.90 Å². The van der Waals surface area contributed by atoms with Crippen molar-refractivity contribution >= 4 is 5.82 Å². The highest BCUT2D eigenvalue weighted by molar-refractivity contribution is 5.68. The van der Waals surface area contributed by atoms with Gasteiger partial charge in [-0.2, -0.15) is 0 Å². The minimum absolute atomic E-state index is 0.146. The van der Waals surface area contributed by atoms with Crippen molar-refractivity contribution in [1.82, 2.24) is 25.2 Å². The van der Waals surface area contributed by atoms with Gasteiger partial charge in [0, 0.05) is 24.7 Å². The van der Waals surface area contributed by atoms with E-state index in [4.69, 9.17) is 0 Å². The van der Waals surface area contributed by atoms with Crippen LogP contribution >= 0.6 is 0 Å². The molecule has 144 valence electrons. The summed E-state index contributed by atoms with van der Waals surface area (Å²) in [6, 6.07) is 9.86. The lowest BCUT2D eigenvalue weighted by atomic mass is 9.85. The number of phenolic OH excluding ortho intramolecular Hbond substituents is 1. The van der Waals surface area contributed by atoms with E-state index in [2.05, 4.69) is 32.5 Å². The average molecular weight is 376 g/mol. The maximum absolute atomic E-state index is 10.5. The molecule has 2 aliphatic carbocycles. The van der Waals surface area contributed by atoms with Crippen molar-refractivity contribution in [3.63, 3.8) is 0 Å². The van der Waals surface area contributed by atoms with Crippen LogP contribution in [0.2, 0.25) is 0 Å². The Morgan fingerprint density at radius 3 is 2.50 bits per heavy atom. The van der Waals surface area contributed by atoms with Crippen molar-refractivity contribution in [2.75, 3.05) is 11.9 Å². The van der Waals surface area contributed by atoms with Gasteiger partial charge in [0.1, 0.15) is 5.75 Å². The molecule has 5 rings (SSSR count). The average Bonchev–Trinajstić information content (AvgIpc) is 3.37. The molecule has 2 saturated carbocycles. The van der Waals surface area contributed by atoms with Gasteiger partial charge in [-0.3, -0.25) is 0 Å². The standard InChI is InChI=1S/C21H24N6O/c1-26(17-11-14-2-3-15(10-14)12-17)21-7-6-19(23-24-21)18-5-4-16(13-20(18)28)27-9-8-22-25-27/h4-9,13-15,17,28H,2-3,10-12H2,1H3/t14-,15?,17+/m0/s1. The van der Waals surface area contributed by atoms with Gasteiger partial charge in [-0.1, -0.05) is 18.1 Å². The van der Waals surface area contributed by atoms with Crippen LogP contribution in [0.5, 0.6) is 5.75 Å². The van der Waals surface area contributed by atoms with Crippen molar-refractivity contribution in [2.24, 2.45) is 11.8 Å². The summed E-state index contributed by atoms with van der Waals surface area (Å²) in [4.78, 5) is 2.29. The molecule has 0 radical (unpaired) electrons. The Hall–Kier alpha value is -2.96. The van der Waals surface area contributed by atoms with Gasteiger partial charge in [-0.15, -0.1) is 15.3 Å². The van der Waals surface area contributed by atoms with Gasteiger partial charge in [-0.05, 0) is 55.4 Å². The smallest absolute Gasteiger partial charge is 0.151 e. The van der Waals surface area contributed by atoms with Crippen LogP contribution in [-0.2, 0) is 0 Å². The zero-order valence-electron chi connectivity index (χ0n) is 15.9. The molecule has 2 heterocycles. The van der Waals surface area contributed by atoms with Gasteiger partial charge < -0.3 is 10.0 Å². The van der Waals surface area contributed by atoms with Crippen molar-refractivity contribution in [2.45, 2.75) is 38.1 Å². The molecule has 0 saturated heterocycles. The Labute approximate surface area is 164 Å². The first kappa shape index (κ1) is 17.2. The fourth-order valence-electron chi connectivity index (χ4n) is 4.86. The molecule has 1 aromatic carbocycles. The zero-order chi connectivity index (χ0) is 19.1. The quantitative estimate of drug-likeness (QED) is 0.751. The molecule has 7 nitrogen and oxygen atoms in total. The second-order valence-corrected chi connectivity index (χ2v) is 8.11. The molecule has 2 aliphatic rings. The fraction of sp³-hybridized carbons (Fsp3) is 0.429. The number of hydrogen-bond donors (Lipinski definition) is 1. The van der Waals surface area contributed by atoms with Crippen LogP contribution in [0.15, 0.2) is 42.7 Å². The first-order valence-corrected chi connectivity index (χ1v) is 9.94. The summed E-state index contributed by atoms with van der Waals surface area (Å²) in [5.41, 5.74) is 2.06. The number of aromatic hydroxyl groups is 1. The zero-order valence-corrected chi connectivity index (χ0v) is 15.9. The minimum Gasteiger partial charge on any atom is -0.507 e. The number of fused-ring (bicyclic) bond motifs is 2. The van der Waals surface area contributed by atoms with E-state index in [0.717, 1.165) is 23.3 Å². The molecule has 2 fully saturated rings. The van der Waals surface area contributed by atoms with E-state index < -0.39 is 0 Å². The first-order valence-electron chi connectivity index (χ1n) is 9.94. The number of rotatable bonds is 4. The second-order valence-electron chi connectivity index (χ2n) is 8.11. The Morgan fingerprint density at radius 1 is 1.04 bits per heavy atom. The summed E-state index contributed by atoms with van der Waals surface area (Å²) in [5.74, 6) is 2.82. The predicted octanol–water partition coefficient (Wildman–Crippen LogP) is 3.44. The molecule has 0 amide bonds. The monoisotopic (exact) mass is 376 g/mol. The summed E-state index contributed by atoms with van der Waals surface area (Å²) in [6.45, 7) is 0. The van der Waals surface area contributed by atoms with Crippen LogP contribution in [0.3, 0.4) is 0 Å². The highest BCUT2D eigenvalue weighted by atomic mass is 16.3. The molecule has 0 aliphatic heterocycles. The third kappa shape index (κ3) is 3.10. The third-order valence-corrected chi connectivity index (χ3v) is 6.36. The lowest BCUT2D eigenvalue weighted by molar-refractivity contribution is 0.312. The van der Waals surface area contributed by atoms with Gasteiger partial charge >= 0.3 is 0 Å². The highest BCUT2D eigenvalue weighted by Gasteiger charge is 2.36. The fourth-order valence-corrected chi connectivity index (χ4v) is 4.86. The normalized spacial score (nSPS) is 23.7. The number of nitrogens with zero attached hydrogens (tertiary/aromatic N) is 6. The van der Waals surface area contributed by atoms with Crippen LogP contribution in [0, 0.1) is 11.8 Å². The number of aromatic nitrogens is 5. The maximum Gasteiger partial charge on any atom is 0.151 e. The van der Waals surface area contributed by atoms with Gasteiger partial charge in [0.15, 0.2) is 5.82 Å². The Kier molecular flexibility index (Phi) is 4.22. The number of hydrogen-bond acceptors (Lipinski definition) is 6. The molecule has 2 bridgehead atoms. The van der Waals surface area contributed by atoms with Crippen LogP contribution in [0.4, 0.5) is 5.82 Å². The van der Waals surface area contributed by atoms with Crippen LogP contribution in [0.25, 0.3) is 16.9 Å². The number of benzene rings is 1. The first-order chi connectivity index (χ1) is 13.7. The van der Waals surface area contributed by atoms with Crippen molar-refractivity contribution < 1.29 is 5.11 Å². The van der Waals surface area contributed by atoms with E-state index in [1.165, 1.54) is 32.1 Å². The maximum atomic E-state index is 10.5. The lowest BCUT2D eigenvalue weighted by Gasteiger charge is -2.35. The molecule has 7 heteroatoms. The van der Waals surface area contributed by atoms with Crippen molar-refractivity contribution in [3.05, 3.63) is 42.7 Å². The summed E-state index contributed by atoms with van der Waals surface area (Å²) in [7, 11) is 2.13. The topological polar surface area (TPSA) is 80.0 Å². The second kappa shape index (κ2) is 6.89. The molecule has 3 atom stereocenters. The molecule has 28 heavy (non-hydrogen) atoms. The van der Waals surface area contributed by atoms with E-state index in [-0.39, 0.29) is 5.75 Å². The summed E-state index contributed by atoms with van der Waals surface area (Å²) in [5, 5.41) is 27.0. The highest BCUT2D eigenvalue weighted by Crippen LogP contribution is 2.43. The Balaban J connectivity index is 1.35. The van der Waals surface area contributed by atoms with E-state index in [1.54, 1.807) is 23.1 Å². The van der Waals surface area contributed by atoms with E-state index in [0.29, 0.717) is 17.3 Å². The van der Waals surface area contributed by atoms with Crippen LogP contribution in [-0.4, -0.2) is 43.4 Å². The Bertz CT molecular complexity index is 944. The van der Waals surface area contributed by atoms with Crippen molar-refractivity contribution in [1.29, 1.82) is 0 Å². The lowest BCUT2D eigenvalue weighted by Crippen LogP contribution is -2.37. The summed E-state index contributed by atoms with van der Waals surface area (Å²) in [6.07, 6.45) is 10.1. The van der Waals surface area contributed by atoms with Gasteiger partial charge in [0.05, 0.1) is 23.8 Å². The predicted molar refractivity (Wildman–Crippen MR) is 106 cm³/mol. The molecule has 1 unspecified atom stereocenters. The molecule has 1 N–H and O–H groups in total. The molecule has 2 aromatic heterocycles. The SMILES string of the molecule is CN(c1ccc(-c2ccc(-n3ccnn3)cc2O)nn1)[C@H]1CC2CC[C@@H](C2)C1. The minimum atomic E-state index is 0.146. The summed E-state index contributed by atoms with van der Waals surface area (Å²) >= 11 is 0. The van der Waals surface area contributed by atoms with Gasteiger partial charge in [0.25, 0.3) is 0 Å². The van der Waals surface area contributed by atoms with Gasteiger partial charge in [-0.25, -0.2) is 4.68 Å². The summed E-state index contributed by atoms with van der Waals surface area (Å²) < 4.78 is 1.60. The van der Waals surface area contributed by atoms with E-state index in [1.807, 2.05) is 24.3 Å². The van der Waals surface area contributed by atoms with Crippen molar-refractivity contribution in [3.8, 4) is 22.7 Å². The van der Waals surface area contributed by atoms with Gasteiger partial charge in [0.2, 0.25) is 0 Å². The largest absolute Gasteiger partial charge is 0.507 e. The number of phenols is 1. The molecular formula is C21H24N6O. The third-order valence-electron chi connectivity index (χ3n) is 6.36. The molecule has 3 aromatic rings. The molecule has 0 spiro atoms. The molecular weight excluding hydrogens is 352 g/mol. The number of anilines is 1. The van der Waals surface area contributed by atoms with Crippen LogP contribution in [0.1, 0.15) is 32.1 Å².